The Bertz CT molecular complexity index is 331. The van der Waals surface area contributed by atoms with Crippen molar-refractivity contribution in [1.29, 1.82) is 0 Å². The van der Waals surface area contributed by atoms with Crippen molar-refractivity contribution in [3.63, 3.8) is 0 Å². The number of hydrogen-bond acceptors (Lipinski definition) is 2. The standard InChI is InChI=1S/C13H18O2/c1-3-6-10-7-5-8-11(9-10)13(15)12(14)4-2/h5,7-9,12,14H,3-4,6H2,1-2H3. The molecule has 1 aromatic rings. The van der Waals surface area contributed by atoms with Gasteiger partial charge in [0, 0.05) is 5.56 Å². The van der Waals surface area contributed by atoms with Gasteiger partial charge in [-0.1, -0.05) is 38.5 Å². The molecule has 1 rings (SSSR count). The largest absolute Gasteiger partial charge is 0.385 e. The summed E-state index contributed by atoms with van der Waals surface area (Å²) in [5.41, 5.74) is 1.78. The van der Waals surface area contributed by atoms with Gasteiger partial charge in [-0.25, -0.2) is 0 Å². The zero-order valence-corrected chi connectivity index (χ0v) is 9.36. The van der Waals surface area contributed by atoms with E-state index >= 15 is 0 Å². The maximum atomic E-state index is 11.7. The van der Waals surface area contributed by atoms with Gasteiger partial charge in [-0.05, 0) is 24.5 Å². The van der Waals surface area contributed by atoms with Crippen molar-refractivity contribution in [2.75, 3.05) is 0 Å². The maximum Gasteiger partial charge on any atom is 0.191 e. The van der Waals surface area contributed by atoms with Gasteiger partial charge in [-0.3, -0.25) is 4.79 Å². The lowest BCUT2D eigenvalue weighted by molar-refractivity contribution is 0.0740. The Kier molecular flexibility index (Phi) is 4.50. The predicted molar refractivity (Wildman–Crippen MR) is 61.1 cm³/mol. The molecule has 0 bridgehead atoms. The first kappa shape index (κ1) is 11.9. The molecule has 0 aromatic heterocycles. The molecule has 1 atom stereocenters. The van der Waals surface area contributed by atoms with Gasteiger partial charge in [0.1, 0.15) is 6.10 Å². The summed E-state index contributed by atoms with van der Waals surface area (Å²) in [6.45, 7) is 3.91. The summed E-state index contributed by atoms with van der Waals surface area (Å²) in [5, 5.41) is 9.45. The molecule has 2 nitrogen and oxygen atoms in total. The van der Waals surface area contributed by atoms with Crippen LogP contribution in [-0.2, 0) is 6.42 Å². The van der Waals surface area contributed by atoms with E-state index < -0.39 is 6.10 Å². The smallest absolute Gasteiger partial charge is 0.191 e. The van der Waals surface area contributed by atoms with E-state index in [1.807, 2.05) is 18.2 Å². The number of benzene rings is 1. The van der Waals surface area contributed by atoms with Crippen molar-refractivity contribution >= 4 is 5.78 Å². The molecule has 0 fully saturated rings. The van der Waals surface area contributed by atoms with E-state index in [0.29, 0.717) is 12.0 Å². The Labute approximate surface area is 90.9 Å². The summed E-state index contributed by atoms with van der Waals surface area (Å²) in [6.07, 6.45) is 1.65. The molecule has 0 aliphatic rings. The molecule has 0 heterocycles. The second kappa shape index (κ2) is 5.66. The van der Waals surface area contributed by atoms with E-state index in [0.717, 1.165) is 18.4 Å². The summed E-state index contributed by atoms with van der Waals surface area (Å²) >= 11 is 0. The van der Waals surface area contributed by atoms with Crippen molar-refractivity contribution in [2.24, 2.45) is 0 Å². The first-order valence-electron chi connectivity index (χ1n) is 5.50. The van der Waals surface area contributed by atoms with Gasteiger partial charge in [-0.2, -0.15) is 0 Å². The van der Waals surface area contributed by atoms with Crippen LogP contribution < -0.4 is 0 Å². The Morgan fingerprint density at radius 3 is 2.73 bits per heavy atom. The molecule has 82 valence electrons. The Morgan fingerprint density at radius 1 is 1.40 bits per heavy atom. The number of aryl methyl sites for hydroxylation is 1. The summed E-state index contributed by atoms with van der Waals surface area (Å²) in [4.78, 5) is 11.7. The molecule has 0 saturated heterocycles. The number of Topliss-reactive ketones (excluding diaryl/α,β-unsaturated/α-hetero) is 1. The first-order valence-corrected chi connectivity index (χ1v) is 5.50. The van der Waals surface area contributed by atoms with Crippen molar-refractivity contribution in [3.8, 4) is 0 Å². The molecule has 1 N–H and O–H groups in total. The van der Waals surface area contributed by atoms with Crippen LogP contribution in [0.3, 0.4) is 0 Å². The maximum absolute atomic E-state index is 11.7. The number of aliphatic hydroxyl groups is 1. The number of carbonyl (C=O) groups excluding carboxylic acids is 1. The Morgan fingerprint density at radius 2 is 2.13 bits per heavy atom. The second-order valence-electron chi connectivity index (χ2n) is 3.74. The highest BCUT2D eigenvalue weighted by Crippen LogP contribution is 2.11. The van der Waals surface area contributed by atoms with Crippen LogP contribution in [0.2, 0.25) is 0 Å². The van der Waals surface area contributed by atoms with Gasteiger partial charge in [-0.15, -0.1) is 0 Å². The quantitative estimate of drug-likeness (QED) is 0.752. The van der Waals surface area contributed by atoms with Crippen LogP contribution >= 0.6 is 0 Å². The fourth-order valence-corrected chi connectivity index (χ4v) is 1.55. The van der Waals surface area contributed by atoms with Crippen LogP contribution in [0.5, 0.6) is 0 Å². The third-order valence-electron chi connectivity index (χ3n) is 2.44. The third kappa shape index (κ3) is 3.17. The van der Waals surface area contributed by atoms with Crippen molar-refractivity contribution in [1.82, 2.24) is 0 Å². The van der Waals surface area contributed by atoms with Crippen LogP contribution in [0.4, 0.5) is 0 Å². The highest BCUT2D eigenvalue weighted by molar-refractivity contribution is 5.99. The lowest BCUT2D eigenvalue weighted by Gasteiger charge is -2.07. The van der Waals surface area contributed by atoms with E-state index in [1.165, 1.54) is 0 Å². The average Bonchev–Trinajstić information content (AvgIpc) is 2.28. The van der Waals surface area contributed by atoms with Gasteiger partial charge in [0.15, 0.2) is 5.78 Å². The molecule has 1 unspecified atom stereocenters. The fourth-order valence-electron chi connectivity index (χ4n) is 1.55. The van der Waals surface area contributed by atoms with Gasteiger partial charge < -0.3 is 5.11 Å². The molecule has 15 heavy (non-hydrogen) atoms. The van der Waals surface area contributed by atoms with E-state index in [2.05, 4.69) is 6.92 Å². The molecule has 1 aromatic carbocycles. The highest BCUT2D eigenvalue weighted by Gasteiger charge is 2.14. The van der Waals surface area contributed by atoms with Crippen molar-refractivity contribution in [2.45, 2.75) is 39.2 Å². The van der Waals surface area contributed by atoms with Crippen LogP contribution in [0.15, 0.2) is 24.3 Å². The number of carbonyl (C=O) groups is 1. The number of hydrogen-bond donors (Lipinski definition) is 1. The van der Waals surface area contributed by atoms with Crippen molar-refractivity contribution < 1.29 is 9.90 Å². The van der Waals surface area contributed by atoms with Gasteiger partial charge >= 0.3 is 0 Å². The monoisotopic (exact) mass is 206 g/mol. The molecule has 0 radical (unpaired) electrons. The summed E-state index contributed by atoms with van der Waals surface area (Å²) in [5.74, 6) is -0.171. The second-order valence-corrected chi connectivity index (χ2v) is 3.74. The first-order chi connectivity index (χ1) is 7.19. The highest BCUT2D eigenvalue weighted by atomic mass is 16.3. The normalized spacial score (nSPS) is 12.5. The van der Waals surface area contributed by atoms with Crippen LogP contribution in [0, 0.1) is 0 Å². The van der Waals surface area contributed by atoms with E-state index in [-0.39, 0.29) is 5.78 Å². The summed E-state index contributed by atoms with van der Waals surface area (Å²) < 4.78 is 0. The third-order valence-corrected chi connectivity index (χ3v) is 2.44. The molecular weight excluding hydrogens is 188 g/mol. The molecule has 0 saturated carbocycles. The minimum absolute atomic E-state index is 0.171. The Balaban J connectivity index is 2.85. The molecule has 0 aliphatic heterocycles. The van der Waals surface area contributed by atoms with E-state index in [9.17, 15) is 9.90 Å². The molecule has 2 heteroatoms. The van der Waals surface area contributed by atoms with Gasteiger partial charge in [0.25, 0.3) is 0 Å². The zero-order chi connectivity index (χ0) is 11.3. The topological polar surface area (TPSA) is 37.3 Å². The molecule has 0 aliphatic carbocycles. The van der Waals surface area contributed by atoms with Crippen LogP contribution in [0.1, 0.15) is 42.6 Å². The van der Waals surface area contributed by atoms with E-state index in [1.54, 1.807) is 13.0 Å². The molecule has 0 amide bonds. The number of rotatable bonds is 5. The minimum Gasteiger partial charge on any atom is -0.385 e. The average molecular weight is 206 g/mol. The minimum atomic E-state index is -0.859. The van der Waals surface area contributed by atoms with Crippen molar-refractivity contribution in [3.05, 3.63) is 35.4 Å². The molecule has 0 spiro atoms. The zero-order valence-electron chi connectivity index (χ0n) is 9.36. The van der Waals surface area contributed by atoms with Crippen LogP contribution in [0.25, 0.3) is 0 Å². The summed E-state index contributed by atoms with van der Waals surface area (Å²) in [6, 6.07) is 7.53. The SMILES string of the molecule is CCCc1cccc(C(=O)C(O)CC)c1. The molecular formula is C13H18O2. The predicted octanol–water partition coefficient (Wildman–Crippen LogP) is 2.59. The van der Waals surface area contributed by atoms with Gasteiger partial charge in [0.2, 0.25) is 0 Å². The van der Waals surface area contributed by atoms with Gasteiger partial charge in [0.05, 0.1) is 0 Å². The lowest BCUT2D eigenvalue weighted by Crippen LogP contribution is -2.19. The Hall–Kier alpha value is -1.15. The van der Waals surface area contributed by atoms with E-state index in [4.69, 9.17) is 0 Å². The fraction of sp³-hybridized carbons (Fsp3) is 0.462. The number of aliphatic hydroxyl groups excluding tert-OH is 1. The number of ketones is 1. The lowest BCUT2D eigenvalue weighted by atomic mass is 10.0. The summed E-state index contributed by atoms with van der Waals surface area (Å²) in [7, 11) is 0. The van der Waals surface area contributed by atoms with Crippen LogP contribution in [-0.4, -0.2) is 17.0 Å².